The molecule has 5 rings (SSSR count). The van der Waals surface area contributed by atoms with Crippen molar-refractivity contribution in [2.24, 2.45) is 11.8 Å². The average Bonchev–Trinajstić information content (AvgIpc) is 3.71. The van der Waals surface area contributed by atoms with Gasteiger partial charge in [-0.15, -0.1) is 0 Å². The Morgan fingerprint density at radius 1 is 0.875 bits per heavy atom. The molecule has 0 atom stereocenters. The van der Waals surface area contributed by atoms with E-state index in [1.807, 2.05) is 0 Å². The summed E-state index contributed by atoms with van der Waals surface area (Å²) in [5.41, 5.74) is 1.84. The summed E-state index contributed by atoms with van der Waals surface area (Å²) in [5, 5.41) is 3.37. The molecular weight excluding hydrogens is 425 g/mol. The Kier molecular flexibility index (Phi) is 4.79. The molecule has 0 N–H and O–H groups in total. The number of imide groups is 1. The van der Waals surface area contributed by atoms with Gasteiger partial charge < -0.3 is 4.52 Å². The molecule has 2 aliphatic rings. The maximum atomic E-state index is 12.6. The minimum Gasteiger partial charge on any atom is -0.329 e. The Morgan fingerprint density at radius 3 is 1.91 bits per heavy atom. The molecule has 0 radical (unpaired) electrons. The van der Waals surface area contributed by atoms with Crippen LogP contribution in [0.15, 0.2) is 47.1 Å². The van der Waals surface area contributed by atoms with Gasteiger partial charge in [-0.3, -0.25) is 9.59 Å². The van der Waals surface area contributed by atoms with Crippen LogP contribution in [0.5, 0.6) is 0 Å². The van der Waals surface area contributed by atoms with Crippen molar-refractivity contribution in [1.82, 2.24) is 15.1 Å². The Hall–Kier alpha value is -3.56. The van der Waals surface area contributed by atoms with Crippen LogP contribution in [0.3, 0.4) is 0 Å². The standard InChI is InChI=1S/C22H17F3N4O3/c23-22(24,25)21-27-18(28-32-21)13-3-1-12(2-4-13)16-9-10-17(26-11-16)29(19(30)14-5-6-14)20(31)15-7-8-15/h1-4,9-11,14-15H,5-8H2. The zero-order valence-electron chi connectivity index (χ0n) is 16.7. The topological polar surface area (TPSA) is 89.2 Å². The molecule has 1 aromatic carbocycles. The van der Waals surface area contributed by atoms with Crippen molar-refractivity contribution in [2.45, 2.75) is 31.9 Å². The van der Waals surface area contributed by atoms with Gasteiger partial charge in [0.05, 0.1) is 0 Å². The van der Waals surface area contributed by atoms with Gasteiger partial charge >= 0.3 is 12.1 Å². The van der Waals surface area contributed by atoms with E-state index in [2.05, 4.69) is 19.6 Å². The molecule has 32 heavy (non-hydrogen) atoms. The summed E-state index contributed by atoms with van der Waals surface area (Å²) in [6.07, 6.45) is 0.0400. The Balaban J connectivity index is 1.36. The molecule has 2 aliphatic carbocycles. The molecule has 0 aliphatic heterocycles. The maximum Gasteiger partial charge on any atom is 0.471 e. The minimum atomic E-state index is -4.70. The third kappa shape index (κ3) is 4.00. The highest BCUT2D eigenvalue weighted by Crippen LogP contribution is 2.37. The van der Waals surface area contributed by atoms with E-state index in [9.17, 15) is 22.8 Å². The lowest BCUT2D eigenvalue weighted by Crippen LogP contribution is -2.39. The van der Waals surface area contributed by atoms with E-state index in [0.717, 1.165) is 36.8 Å². The lowest BCUT2D eigenvalue weighted by molar-refractivity contribution is -0.159. The molecule has 0 spiro atoms. The highest BCUT2D eigenvalue weighted by molar-refractivity contribution is 6.16. The second-order valence-electron chi connectivity index (χ2n) is 7.96. The van der Waals surface area contributed by atoms with Gasteiger partial charge in [0.2, 0.25) is 17.6 Å². The van der Waals surface area contributed by atoms with Gasteiger partial charge in [0.25, 0.3) is 0 Å². The molecule has 2 heterocycles. The summed E-state index contributed by atoms with van der Waals surface area (Å²) < 4.78 is 42.2. The van der Waals surface area contributed by atoms with Gasteiger partial charge in [0.1, 0.15) is 5.82 Å². The summed E-state index contributed by atoms with van der Waals surface area (Å²) in [6, 6.07) is 9.93. The first-order valence-electron chi connectivity index (χ1n) is 10.2. The molecule has 2 aromatic heterocycles. The van der Waals surface area contributed by atoms with Crippen LogP contribution in [0, 0.1) is 11.8 Å². The van der Waals surface area contributed by atoms with Crippen molar-refractivity contribution in [3.8, 4) is 22.5 Å². The quantitative estimate of drug-likeness (QED) is 0.541. The van der Waals surface area contributed by atoms with Crippen molar-refractivity contribution in [3.63, 3.8) is 0 Å². The van der Waals surface area contributed by atoms with Gasteiger partial charge in [0.15, 0.2) is 0 Å². The largest absolute Gasteiger partial charge is 0.471 e. The fourth-order valence-corrected chi connectivity index (χ4v) is 3.32. The number of alkyl halides is 3. The minimum absolute atomic E-state index is 0.102. The van der Waals surface area contributed by atoms with Crippen LogP contribution in [0.4, 0.5) is 19.0 Å². The number of nitrogens with zero attached hydrogens (tertiary/aromatic N) is 4. The molecule has 2 amide bonds. The zero-order chi connectivity index (χ0) is 22.5. The van der Waals surface area contributed by atoms with Crippen molar-refractivity contribution < 1.29 is 27.3 Å². The highest BCUT2D eigenvalue weighted by atomic mass is 19.4. The maximum absolute atomic E-state index is 12.6. The molecule has 0 saturated heterocycles. The van der Waals surface area contributed by atoms with E-state index in [1.54, 1.807) is 42.6 Å². The summed E-state index contributed by atoms with van der Waals surface area (Å²) in [5.74, 6) is -1.84. The number of anilines is 1. The molecular formula is C22H17F3N4O3. The van der Waals surface area contributed by atoms with Crippen LogP contribution in [0.2, 0.25) is 0 Å². The number of halogens is 3. The molecule has 10 heteroatoms. The van der Waals surface area contributed by atoms with Gasteiger partial charge in [-0.05, 0) is 43.4 Å². The van der Waals surface area contributed by atoms with Crippen LogP contribution < -0.4 is 4.90 Å². The van der Waals surface area contributed by atoms with Gasteiger partial charge in [-0.1, -0.05) is 29.4 Å². The number of rotatable bonds is 5. The van der Waals surface area contributed by atoms with Gasteiger partial charge in [0, 0.05) is 29.2 Å². The second-order valence-corrected chi connectivity index (χ2v) is 7.96. The number of hydrogen-bond donors (Lipinski definition) is 0. The first-order chi connectivity index (χ1) is 15.3. The van der Waals surface area contributed by atoms with Gasteiger partial charge in [-0.25, -0.2) is 9.88 Å². The molecule has 3 aromatic rings. The number of hydrogen-bond acceptors (Lipinski definition) is 6. The Morgan fingerprint density at radius 2 is 1.44 bits per heavy atom. The third-order valence-electron chi connectivity index (χ3n) is 5.42. The fraction of sp³-hybridized carbons (Fsp3) is 0.318. The van der Waals surface area contributed by atoms with E-state index >= 15 is 0 Å². The summed E-state index contributed by atoms with van der Waals surface area (Å²) in [4.78, 5) is 34.2. The van der Waals surface area contributed by atoms with Crippen LogP contribution in [-0.2, 0) is 15.8 Å². The molecule has 0 bridgehead atoms. The number of benzene rings is 1. The molecule has 0 unspecified atom stereocenters. The normalized spacial score (nSPS) is 16.1. The van der Waals surface area contributed by atoms with Crippen molar-refractivity contribution in [1.29, 1.82) is 0 Å². The predicted molar refractivity (Wildman–Crippen MR) is 106 cm³/mol. The van der Waals surface area contributed by atoms with Crippen molar-refractivity contribution in [3.05, 3.63) is 48.5 Å². The van der Waals surface area contributed by atoms with Crippen molar-refractivity contribution in [2.75, 3.05) is 4.90 Å². The molecule has 7 nitrogen and oxygen atoms in total. The van der Waals surface area contributed by atoms with Crippen LogP contribution in [0.1, 0.15) is 31.6 Å². The van der Waals surface area contributed by atoms with Crippen molar-refractivity contribution >= 4 is 17.6 Å². The molecule has 2 fully saturated rings. The average molecular weight is 442 g/mol. The van der Waals surface area contributed by atoms with E-state index in [-0.39, 0.29) is 29.5 Å². The van der Waals surface area contributed by atoms with Crippen LogP contribution in [0.25, 0.3) is 22.5 Å². The summed E-state index contributed by atoms with van der Waals surface area (Å²) in [7, 11) is 0. The Labute approximate surface area is 180 Å². The fourth-order valence-electron chi connectivity index (χ4n) is 3.32. The molecule has 164 valence electrons. The van der Waals surface area contributed by atoms with E-state index in [0.29, 0.717) is 11.4 Å². The Bertz CT molecular complexity index is 1140. The van der Waals surface area contributed by atoms with E-state index < -0.39 is 12.1 Å². The molecule has 2 saturated carbocycles. The smallest absolute Gasteiger partial charge is 0.329 e. The predicted octanol–water partition coefficient (Wildman–Crippen LogP) is 4.50. The first kappa shape index (κ1) is 20.3. The van der Waals surface area contributed by atoms with E-state index in [1.165, 1.54) is 4.90 Å². The van der Waals surface area contributed by atoms with Crippen LogP contribution >= 0.6 is 0 Å². The third-order valence-corrected chi connectivity index (χ3v) is 5.42. The number of pyridine rings is 1. The monoisotopic (exact) mass is 442 g/mol. The number of amides is 2. The lowest BCUT2D eigenvalue weighted by Gasteiger charge is -2.20. The van der Waals surface area contributed by atoms with E-state index in [4.69, 9.17) is 0 Å². The van der Waals surface area contributed by atoms with Crippen LogP contribution in [-0.4, -0.2) is 26.9 Å². The lowest BCUT2D eigenvalue weighted by atomic mass is 10.1. The second kappa shape index (κ2) is 7.54. The number of carbonyl (C=O) groups excluding carboxylic acids is 2. The first-order valence-corrected chi connectivity index (χ1v) is 10.2. The number of carbonyl (C=O) groups is 2. The number of aromatic nitrogens is 3. The summed E-state index contributed by atoms with van der Waals surface area (Å²) in [6.45, 7) is 0. The SMILES string of the molecule is O=C(C1CC1)N(C(=O)C1CC1)c1ccc(-c2ccc(-c3noc(C(F)(F)F)n3)cc2)cn1. The highest BCUT2D eigenvalue weighted by Gasteiger charge is 2.42. The van der Waals surface area contributed by atoms with Gasteiger partial charge in [-0.2, -0.15) is 18.2 Å². The summed E-state index contributed by atoms with van der Waals surface area (Å²) >= 11 is 0. The zero-order valence-corrected chi connectivity index (χ0v) is 16.7.